The van der Waals surface area contributed by atoms with E-state index >= 15 is 0 Å². The molecule has 0 saturated heterocycles. The third-order valence-corrected chi connectivity index (χ3v) is 6.23. The first-order chi connectivity index (χ1) is 16.0. The number of carbonyl (C=O) groups is 2. The molecule has 0 aliphatic carbocycles. The van der Waals surface area contributed by atoms with Crippen LogP contribution in [0.3, 0.4) is 0 Å². The maximum absolute atomic E-state index is 13.8. The number of carbonyl (C=O) groups excluding carboxylic acids is 2. The van der Waals surface area contributed by atoms with Crippen LogP contribution in [0.5, 0.6) is 0 Å². The molecule has 178 valence electrons. The molecular weight excluding hydrogens is 457 g/mol. The number of aryl methyl sites for hydroxylation is 1. The molecule has 0 radical (unpaired) electrons. The quantitative estimate of drug-likeness (QED) is 0.411. The van der Waals surface area contributed by atoms with Gasteiger partial charge in [0.05, 0.1) is 4.90 Å². The number of benzene rings is 3. The summed E-state index contributed by atoms with van der Waals surface area (Å²) in [5, 5.41) is 5.52. The maximum Gasteiger partial charge on any atom is 0.261 e. The van der Waals surface area contributed by atoms with Gasteiger partial charge in [-0.2, -0.15) is 0 Å². The van der Waals surface area contributed by atoms with Crippen molar-refractivity contribution < 1.29 is 22.4 Å². The van der Waals surface area contributed by atoms with Gasteiger partial charge in [0.2, 0.25) is 5.91 Å². The summed E-state index contributed by atoms with van der Waals surface area (Å²) < 4.78 is 41.4. The Bertz CT molecular complexity index is 1310. The van der Waals surface area contributed by atoms with E-state index in [9.17, 15) is 22.4 Å². The molecular formula is C25H26FN3O4S. The minimum absolute atomic E-state index is 0.0839. The van der Waals surface area contributed by atoms with Crippen molar-refractivity contribution in [2.45, 2.75) is 32.1 Å². The van der Waals surface area contributed by atoms with Crippen molar-refractivity contribution in [2.24, 2.45) is 5.92 Å². The predicted molar refractivity (Wildman–Crippen MR) is 131 cm³/mol. The van der Waals surface area contributed by atoms with E-state index in [1.54, 1.807) is 30.3 Å². The van der Waals surface area contributed by atoms with Crippen LogP contribution in [-0.2, 0) is 14.8 Å². The fraction of sp³-hybridized carbons (Fsp3) is 0.200. The van der Waals surface area contributed by atoms with Gasteiger partial charge in [0, 0.05) is 29.0 Å². The number of sulfonamides is 1. The molecule has 3 rings (SSSR count). The lowest BCUT2D eigenvalue weighted by molar-refractivity contribution is -0.116. The molecule has 0 aliphatic heterocycles. The van der Waals surface area contributed by atoms with E-state index in [1.165, 1.54) is 37.3 Å². The van der Waals surface area contributed by atoms with Gasteiger partial charge in [-0.25, -0.2) is 12.8 Å². The lowest BCUT2D eigenvalue weighted by atomic mass is 10.1. The average Bonchev–Trinajstić information content (AvgIpc) is 2.76. The van der Waals surface area contributed by atoms with Gasteiger partial charge in [0.1, 0.15) is 5.82 Å². The van der Waals surface area contributed by atoms with Crippen molar-refractivity contribution in [3.8, 4) is 0 Å². The van der Waals surface area contributed by atoms with Crippen LogP contribution in [0.4, 0.5) is 21.5 Å². The average molecular weight is 484 g/mol. The van der Waals surface area contributed by atoms with Gasteiger partial charge in [-0.1, -0.05) is 26.0 Å². The minimum Gasteiger partial charge on any atom is -0.326 e. The molecule has 7 nitrogen and oxygen atoms in total. The third kappa shape index (κ3) is 6.64. The Morgan fingerprint density at radius 3 is 2.15 bits per heavy atom. The molecule has 9 heteroatoms. The summed E-state index contributed by atoms with van der Waals surface area (Å²) in [4.78, 5) is 24.3. The van der Waals surface area contributed by atoms with Crippen molar-refractivity contribution in [2.75, 3.05) is 15.4 Å². The largest absolute Gasteiger partial charge is 0.326 e. The highest BCUT2D eigenvalue weighted by molar-refractivity contribution is 7.92. The molecule has 0 atom stereocenters. The van der Waals surface area contributed by atoms with Gasteiger partial charge < -0.3 is 10.6 Å². The van der Waals surface area contributed by atoms with Crippen molar-refractivity contribution in [3.63, 3.8) is 0 Å². The van der Waals surface area contributed by atoms with E-state index in [4.69, 9.17) is 0 Å². The van der Waals surface area contributed by atoms with Gasteiger partial charge in [0.15, 0.2) is 0 Å². The second-order valence-electron chi connectivity index (χ2n) is 8.27. The van der Waals surface area contributed by atoms with Crippen LogP contribution < -0.4 is 15.4 Å². The zero-order valence-electron chi connectivity index (χ0n) is 19.1. The van der Waals surface area contributed by atoms with Crippen molar-refractivity contribution in [3.05, 3.63) is 83.7 Å². The third-order valence-electron chi connectivity index (χ3n) is 4.85. The number of halogens is 1. The molecule has 0 spiro atoms. The first-order valence-corrected chi connectivity index (χ1v) is 12.1. The summed E-state index contributed by atoms with van der Waals surface area (Å²) >= 11 is 0. The SMILES string of the molecule is Cc1ccc(S(=O)(=O)Nc2cccc(C(=O)Nc3ccc(NC(=O)CC(C)C)cc3)c2)cc1F. The highest BCUT2D eigenvalue weighted by Gasteiger charge is 2.17. The number of rotatable bonds is 8. The highest BCUT2D eigenvalue weighted by atomic mass is 32.2. The molecule has 34 heavy (non-hydrogen) atoms. The zero-order valence-corrected chi connectivity index (χ0v) is 19.9. The van der Waals surface area contributed by atoms with Crippen LogP contribution in [-0.4, -0.2) is 20.2 Å². The van der Waals surface area contributed by atoms with Crippen molar-refractivity contribution >= 4 is 38.9 Å². The Morgan fingerprint density at radius 1 is 0.882 bits per heavy atom. The molecule has 0 heterocycles. The minimum atomic E-state index is -4.03. The summed E-state index contributed by atoms with van der Waals surface area (Å²) in [6.07, 6.45) is 0.414. The summed E-state index contributed by atoms with van der Waals surface area (Å²) in [5.41, 5.74) is 1.85. The van der Waals surface area contributed by atoms with Crippen LogP contribution in [0.1, 0.15) is 36.2 Å². The summed E-state index contributed by atoms with van der Waals surface area (Å²) in [6, 6.07) is 16.3. The molecule has 0 unspecified atom stereocenters. The van der Waals surface area contributed by atoms with E-state index in [1.807, 2.05) is 13.8 Å². The zero-order chi connectivity index (χ0) is 24.9. The molecule has 3 N–H and O–H groups in total. The number of hydrogen-bond acceptors (Lipinski definition) is 4. The number of amides is 2. The lowest BCUT2D eigenvalue weighted by Gasteiger charge is -2.11. The lowest BCUT2D eigenvalue weighted by Crippen LogP contribution is -2.15. The topological polar surface area (TPSA) is 104 Å². The monoisotopic (exact) mass is 483 g/mol. The first kappa shape index (κ1) is 24.9. The fourth-order valence-electron chi connectivity index (χ4n) is 3.10. The van der Waals surface area contributed by atoms with Crippen molar-refractivity contribution in [1.82, 2.24) is 0 Å². The fourth-order valence-corrected chi connectivity index (χ4v) is 4.16. The summed E-state index contributed by atoms with van der Waals surface area (Å²) in [6.45, 7) is 5.46. The smallest absolute Gasteiger partial charge is 0.261 e. The standard InChI is InChI=1S/C25H26FN3O4S/c1-16(2)13-24(30)27-19-8-10-20(11-9-19)28-25(31)18-5-4-6-21(14-18)29-34(32,33)22-12-7-17(3)23(26)15-22/h4-12,14-16,29H,13H2,1-3H3,(H,27,30)(H,28,31). The van der Waals surface area contributed by atoms with Crippen molar-refractivity contribution in [1.29, 1.82) is 0 Å². The first-order valence-electron chi connectivity index (χ1n) is 10.6. The molecule has 3 aromatic rings. The number of hydrogen-bond donors (Lipinski definition) is 3. The number of nitrogens with one attached hydrogen (secondary N) is 3. The highest BCUT2D eigenvalue weighted by Crippen LogP contribution is 2.21. The second kappa shape index (κ2) is 10.5. The van der Waals surface area contributed by atoms with E-state index in [0.717, 1.165) is 6.07 Å². The van der Waals surface area contributed by atoms with E-state index < -0.39 is 21.7 Å². The molecule has 0 aliphatic rings. The Hall–Kier alpha value is -3.72. The Kier molecular flexibility index (Phi) is 7.68. The van der Waals surface area contributed by atoms with E-state index in [-0.39, 0.29) is 28.0 Å². The summed E-state index contributed by atoms with van der Waals surface area (Å²) in [7, 11) is -4.03. The summed E-state index contributed by atoms with van der Waals surface area (Å²) in [5.74, 6) is -0.906. The normalized spacial score (nSPS) is 11.2. The van der Waals surface area contributed by atoms with Gasteiger partial charge in [-0.3, -0.25) is 14.3 Å². The Labute approximate surface area is 198 Å². The van der Waals surface area contributed by atoms with Crippen LogP contribution in [0.15, 0.2) is 71.6 Å². The Morgan fingerprint density at radius 2 is 1.53 bits per heavy atom. The van der Waals surface area contributed by atoms with Gasteiger partial charge in [-0.05, 0) is 73.0 Å². The predicted octanol–water partition coefficient (Wildman–Crippen LogP) is 5.17. The van der Waals surface area contributed by atoms with E-state index in [0.29, 0.717) is 23.4 Å². The molecule has 0 aromatic heterocycles. The second-order valence-corrected chi connectivity index (χ2v) is 9.96. The van der Waals surface area contributed by atoms with Gasteiger partial charge in [0.25, 0.3) is 15.9 Å². The van der Waals surface area contributed by atoms with Gasteiger partial charge in [-0.15, -0.1) is 0 Å². The van der Waals surface area contributed by atoms with E-state index in [2.05, 4.69) is 15.4 Å². The molecule has 0 saturated carbocycles. The van der Waals surface area contributed by atoms with Crippen LogP contribution in [0, 0.1) is 18.7 Å². The number of anilines is 3. The molecule has 3 aromatic carbocycles. The van der Waals surface area contributed by atoms with Crippen LogP contribution >= 0.6 is 0 Å². The molecule has 0 bridgehead atoms. The Balaban J connectivity index is 1.67. The van der Waals surface area contributed by atoms with Crippen LogP contribution in [0.2, 0.25) is 0 Å². The van der Waals surface area contributed by atoms with Crippen LogP contribution in [0.25, 0.3) is 0 Å². The maximum atomic E-state index is 13.8. The molecule has 2 amide bonds. The van der Waals surface area contributed by atoms with Gasteiger partial charge >= 0.3 is 0 Å². The molecule has 0 fully saturated rings.